The Morgan fingerprint density at radius 2 is 0.618 bits per heavy atom. The van der Waals surface area contributed by atoms with Crippen molar-refractivity contribution in [2.24, 2.45) is 35.5 Å². The van der Waals surface area contributed by atoms with Crippen molar-refractivity contribution < 1.29 is 14.2 Å². The topological polar surface area (TPSA) is 27.7 Å². The van der Waals surface area contributed by atoms with Gasteiger partial charge in [0.15, 0.2) is 12.6 Å². The van der Waals surface area contributed by atoms with Gasteiger partial charge >= 0.3 is 0 Å². The highest BCUT2D eigenvalue weighted by Gasteiger charge is 2.21. The average molecular weight is 1000 g/mol. The van der Waals surface area contributed by atoms with Gasteiger partial charge in [-0.05, 0) is 113 Å². The van der Waals surface area contributed by atoms with Crippen LogP contribution in [-0.4, -0.2) is 33.6 Å². The predicted octanol–water partition coefficient (Wildman–Crippen LogP) is 18.1. The first kappa shape index (κ1) is 56.3. The third-order valence-electron chi connectivity index (χ3n) is 11.9. The van der Waals surface area contributed by atoms with Gasteiger partial charge < -0.3 is 14.2 Å². The summed E-state index contributed by atoms with van der Waals surface area (Å²) in [5, 5.41) is 0. The van der Waals surface area contributed by atoms with E-state index in [2.05, 4.69) is 114 Å². The monoisotopic (exact) mass is 1000 g/mol. The lowest BCUT2D eigenvalue weighted by molar-refractivity contribution is -0.250. The Kier molecular flexibility index (Phi) is 40.4. The van der Waals surface area contributed by atoms with Crippen molar-refractivity contribution in [2.75, 3.05) is 13.2 Å². The molecule has 0 aromatic rings. The summed E-state index contributed by atoms with van der Waals surface area (Å²) in [7, 11) is 0. The summed E-state index contributed by atoms with van der Waals surface area (Å²) in [6, 6.07) is 0. The zero-order valence-corrected chi connectivity index (χ0v) is 43.3. The van der Waals surface area contributed by atoms with Crippen LogP contribution in [-0.2, 0) is 14.2 Å². The number of alkyl halides is 2. The molecule has 0 radical (unpaired) electrons. The molecule has 0 aromatic heterocycles. The average Bonchev–Trinajstić information content (AvgIpc) is 3.08. The molecule has 0 aliphatic rings. The van der Waals surface area contributed by atoms with Crippen molar-refractivity contribution in [3.63, 3.8) is 0 Å². The third-order valence-corrected chi connectivity index (χ3v) is 12.9. The molecule has 0 aromatic carbocycles. The summed E-state index contributed by atoms with van der Waals surface area (Å²) >= 11 is 5.18. The maximum Gasteiger partial charge on any atom is 0.160 e. The summed E-state index contributed by atoms with van der Waals surface area (Å²) in [5.41, 5.74) is 0. The summed E-state index contributed by atoms with van der Waals surface area (Å²) < 4.78 is 21.6. The Morgan fingerprint density at radius 1 is 0.327 bits per heavy atom. The van der Waals surface area contributed by atoms with E-state index in [4.69, 9.17) is 14.2 Å². The van der Waals surface area contributed by atoms with E-state index in [1.54, 1.807) is 0 Å². The summed E-state index contributed by atoms with van der Waals surface area (Å²) in [6.07, 6.45) is 35.8. The molecule has 0 saturated heterocycles. The Morgan fingerprint density at radius 3 is 0.945 bits per heavy atom. The quantitative estimate of drug-likeness (QED) is 0.0264. The van der Waals surface area contributed by atoms with Crippen LogP contribution in [0.5, 0.6) is 0 Å². The Balaban J connectivity index is 5.27. The number of halogens is 2. The maximum absolute atomic E-state index is 6.85. The largest absolute Gasteiger partial charge is 0.353 e. The number of rotatable bonds is 42. The molecule has 0 aliphatic heterocycles. The van der Waals surface area contributed by atoms with Crippen molar-refractivity contribution in [3.8, 4) is 0 Å². The SMILES string of the molecule is CCCCCCCCCCOC(CCCC(C)CC(C)CC(C)CC(C)I)OC(CCCC(C)CC(C)CC(C)CC(C)I)OCCCCCCCCCC. The molecule has 10 atom stereocenters. The zero-order chi connectivity index (χ0) is 41.1. The molecule has 55 heavy (non-hydrogen) atoms. The second-order valence-electron chi connectivity index (χ2n) is 19.2. The standard InChI is InChI=1S/C50H100I2O3/c1-11-13-15-17-19-21-23-25-33-53-49(31-27-29-41(3)35-43(5)37-45(7)39-47(9)51)55-50(54-34-26-24-22-20-18-16-14-12-2)32-28-30-42(4)36-44(6)38-46(8)40-48(10)52/h41-50H,11-40H2,1-10H3. The van der Waals surface area contributed by atoms with Gasteiger partial charge in [0, 0.05) is 21.1 Å². The van der Waals surface area contributed by atoms with Gasteiger partial charge in [0.05, 0.1) is 0 Å². The van der Waals surface area contributed by atoms with Crippen LogP contribution in [0.15, 0.2) is 0 Å². The van der Waals surface area contributed by atoms with E-state index in [-0.39, 0.29) is 12.6 Å². The first-order valence-electron chi connectivity index (χ1n) is 24.5. The lowest BCUT2D eigenvalue weighted by Gasteiger charge is -2.27. The fourth-order valence-corrected chi connectivity index (χ4v) is 10.9. The fourth-order valence-electron chi connectivity index (χ4n) is 9.20. The molecule has 0 fully saturated rings. The van der Waals surface area contributed by atoms with Crippen molar-refractivity contribution >= 4 is 45.2 Å². The molecule has 0 N–H and O–H groups in total. The van der Waals surface area contributed by atoms with Crippen LogP contribution in [0, 0.1) is 35.5 Å². The minimum atomic E-state index is -0.151. The molecule has 5 heteroatoms. The Hall–Kier alpha value is 1.34. The molecule has 10 unspecified atom stereocenters. The number of unbranched alkanes of at least 4 members (excludes halogenated alkanes) is 14. The third kappa shape index (κ3) is 39.2. The van der Waals surface area contributed by atoms with Gasteiger partial charge in [0.1, 0.15) is 0 Å². The van der Waals surface area contributed by atoms with Crippen LogP contribution in [0.2, 0.25) is 0 Å². The normalized spacial score (nSPS) is 17.7. The van der Waals surface area contributed by atoms with Crippen LogP contribution in [0.4, 0.5) is 0 Å². The number of hydrogen-bond acceptors (Lipinski definition) is 3. The maximum atomic E-state index is 6.85. The van der Waals surface area contributed by atoms with Crippen molar-refractivity contribution in [3.05, 3.63) is 0 Å². The summed E-state index contributed by atoms with van der Waals surface area (Å²) in [6.45, 7) is 25.7. The lowest BCUT2D eigenvalue weighted by Crippen LogP contribution is -2.28. The molecule has 3 nitrogen and oxygen atoms in total. The van der Waals surface area contributed by atoms with Crippen LogP contribution < -0.4 is 0 Å². The Bertz CT molecular complexity index is 716. The predicted molar refractivity (Wildman–Crippen MR) is 263 cm³/mol. The molecule has 332 valence electrons. The van der Waals surface area contributed by atoms with Gasteiger partial charge in [0.25, 0.3) is 0 Å². The molecule has 0 saturated carbocycles. The highest BCUT2D eigenvalue weighted by atomic mass is 127. The minimum Gasteiger partial charge on any atom is -0.353 e. The van der Waals surface area contributed by atoms with E-state index in [0.717, 1.165) is 82.3 Å². The van der Waals surface area contributed by atoms with Crippen LogP contribution in [0.1, 0.15) is 249 Å². The van der Waals surface area contributed by atoms with Crippen molar-refractivity contribution in [1.29, 1.82) is 0 Å². The van der Waals surface area contributed by atoms with E-state index < -0.39 is 0 Å². The molecule has 0 spiro atoms. The van der Waals surface area contributed by atoms with Crippen molar-refractivity contribution in [1.82, 2.24) is 0 Å². The molecular formula is C50H100I2O3. The van der Waals surface area contributed by atoms with Gasteiger partial charge in [-0.1, -0.05) is 217 Å². The van der Waals surface area contributed by atoms with Gasteiger partial charge in [-0.25, -0.2) is 0 Å². The van der Waals surface area contributed by atoms with Crippen molar-refractivity contribution in [2.45, 2.75) is 269 Å². The molecule has 0 heterocycles. The number of ether oxygens (including phenoxy) is 3. The van der Waals surface area contributed by atoms with Crippen LogP contribution in [0.3, 0.4) is 0 Å². The van der Waals surface area contributed by atoms with Crippen LogP contribution in [0.25, 0.3) is 0 Å². The van der Waals surface area contributed by atoms with Gasteiger partial charge in [-0.15, -0.1) is 0 Å². The van der Waals surface area contributed by atoms with E-state index in [1.807, 2.05) is 0 Å². The van der Waals surface area contributed by atoms with Gasteiger partial charge in [-0.3, -0.25) is 0 Å². The first-order valence-corrected chi connectivity index (χ1v) is 27.0. The van der Waals surface area contributed by atoms with Gasteiger partial charge in [-0.2, -0.15) is 0 Å². The van der Waals surface area contributed by atoms with E-state index in [9.17, 15) is 0 Å². The Labute approximate surface area is 374 Å². The molecular weight excluding hydrogens is 902 g/mol. The smallest absolute Gasteiger partial charge is 0.160 e. The van der Waals surface area contributed by atoms with E-state index >= 15 is 0 Å². The first-order chi connectivity index (χ1) is 26.4. The number of hydrogen-bond donors (Lipinski definition) is 0. The molecule has 0 rings (SSSR count). The summed E-state index contributed by atoms with van der Waals surface area (Å²) in [5.74, 6) is 4.74. The second kappa shape index (κ2) is 39.5. The van der Waals surface area contributed by atoms with Gasteiger partial charge in [0.2, 0.25) is 0 Å². The highest BCUT2D eigenvalue weighted by Crippen LogP contribution is 2.29. The lowest BCUT2D eigenvalue weighted by atomic mass is 9.86. The summed E-state index contributed by atoms with van der Waals surface area (Å²) in [4.78, 5) is 0. The highest BCUT2D eigenvalue weighted by molar-refractivity contribution is 14.1. The second-order valence-corrected chi connectivity index (χ2v) is 23.4. The van der Waals surface area contributed by atoms with Crippen LogP contribution >= 0.6 is 45.2 Å². The zero-order valence-electron chi connectivity index (χ0n) is 39.0. The molecule has 0 aliphatic carbocycles. The fraction of sp³-hybridized carbons (Fsp3) is 1.00. The molecule has 0 amide bonds. The van der Waals surface area contributed by atoms with E-state index in [0.29, 0.717) is 0 Å². The molecule has 0 bridgehead atoms. The minimum absolute atomic E-state index is 0.151. The van der Waals surface area contributed by atoms with E-state index in [1.165, 1.54) is 154 Å².